The molecule has 4 aromatic rings. The molecule has 0 unspecified atom stereocenters. The predicted octanol–water partition coefficient (Wildman–Crippen LogP) is 1.37. The summed E-state index contributed by atoms with van der Waals surface area (Å²) in [5, 5.41) is 11.3. The molecule has 12 nitrogen and oxygen atoms in total. The van der Waals surface area contributed by atoms with E-state index in [-0.39, 0.29) is 52.9 Å². The van der Waals surface area contributed by atoms with Gasteiger partial charge in [-0.3, -0.25) is 13.9 Å². The van der Waals surface area contributed by atoms with E-state index in [0.717, 1.165) is 32.2 Å². The molecule has 2 aliphatic heterocycles. The number of thiazole rings is 1. The molecule has 41 heavy (non-hydrogen) atoms. The van der Waals surface area contributed by atoms with Crippen LogP contribution in [-0.2, 0) is 27.8 Å². The van der Waals surface area contributed by atoms with Gasteiger partial charge in [-0.1, -0.05) is 12.1 Å². The summed E-state index contributed by atoms with van der Waals surface area (Å²) in [5.74, 6) is -1.21. The van der Waals surface area contributed by atoms with E-state index in [2.05, 4.69) is 14.9 Å². The highest BCUT2D eigenvalue weighted by Gasteiger charge is 2.33. The van der Waals surface area contributed by atoms with Crippen LogP contribution in [0.1, 0.15) is 16.9 Å². The lowest BCUT2D eigenvalue weighted by Crippen LogP contribution is -2.48. The van der Waals surface area contributed by atoms with Crippen molar-refractivity contribution >= 4 is 38.9 Å². The summed E-state index contributed by atoms with van der Waals surface area (Å²) < 4.78 is 42.5. The van der Waals surface area contributed by atoms with E-state index in [1.807, 2.05) is 7.05 Å². The number of likely N-dealkylation sites (N-methyl/N-ethyl adjacent to an activating group) is 1. The Kier molecular flexibility index (Phi) is 7.03. The molecule has 3 aromatic heterocycles. The number of imidazole rings is 1. The van der Waals surface area contributed by atoms with E-state index in [1.54, 1.807) is 23.2 Å². The highest BCUT2D eigenvalue weighted by molar-refractivity contribution is 7.93. The number of hydrogen-bond donors (Lipinski definition) is 1. The van der Waals surface area contributed by atoms with Gasteiger partial charge in [-0.15, -0.1) is 11.3 Å². The number of halogens is 1. The van der Waals surface area contributed by atoms with Gasteiger partial charge in [-0.2, -0.15) is 0 Å². The van der Waals surface area contributed by atoms with Gasteiger partial charge in [-0.05, 0) is 31.2 Å². The van der Waals surface area contributed by atoms with Crippen molar-refractivity contribution in [2.45, 2.75) is 19.4 Å². The smallest absolute Gasteiger partial charge is 0.303 e. The minimum atomic E-state index is -3.68. The van der Waals surface area contributed by atoms with Crippen molar-refractivity contribution in [2.75, 3.05) is 49.8 Å². The Labute approximate surface area is 238 Å². The van der Waals surface area contributed by atoms with Crippen LogP contribution in [0, 0.1) is 5.82 Å². The van der Waals surface area contributed by atoms with Gasteiger partial charge in [0.15, 0.2) is 5.69 Å². The quantitative estimate of drug-likeness (QED) is 0.351. The van der Waals surface area contributed by atoms with Crippen LogP contribution in [0.25, 0.3) is 16.5 Å². The summed E-state index contributed by atoms with van der Waals surface area (Å²) in [6, 6.07) is 6.08. The predicted molar refractivity (Wildman–Crippen MR) is 151 cm³/mol. The fourth-order valence-electron chi connectivity index (χ4n) is 5.10. The molecule has 0 saturated carbocycles. The Morgan fingerprint density at radius 3 is 2.54 bits per heavy atom. The molecule has 1 amide bonds. The maximum Gasteiger partial charge on any atom is 0.303 e. The number of aromatic hydroxyl groups is 1. The number of benzene rings is 1. The molecular weight excluding hydrogens is 573 g/mol. The Balaban J connectivity index is 1.41. The molecule has 0 bridgehead atoms. The zero-order valence-electron chi connectivity index (χ0n) is 22.2. The zero-order valence-corrected chi connectivity index (χ0v) is 23.9. The highest BCUT2D eigenvalue weighted by Crippen LogP contribution is 2.32. The molecule has 0 atom stereocenters. The van der Waals surface area contributed by atoms with Crippen LogP contribution in [0.2, 0.25) is 0 Å². The Hall–Kier alpha value is -3.82. The van der Waals surface area contributed by atoms with E-state index in [9.17, 15) is 27.5 Å². The van der Waals surface area contributed by atoms with Gasteiger partial charge in [0.2, 0.25) is 27.5 Å². The molecule has 216 valence electrons. The number of carbonyl (C=O) groups is 1. The van der Waals surface area contributed by atoms with Crippen LogP contribution in [0.15, 0.2) is 41.5 Å². The van der Waals surface area contributed by atoms with Crippen molar-refractivity contribution in [2.24, 2.45) is 0 Å². The molecule has 6 rings (SSSR count). The second-order valence-electron chi connectivity index (χ2n) is 10.2. The SMILES string of the molecule is CN1CCN(C(=O)Cn2cc(N3CCCS3(=O)=O)n3c(=O)c(O)c(-c4ncc(Cc5ccc(F)cc5)s4)nc23)CC1. The van der Waals surface area contributed by atoms with E-state index >= 15 is 0 Å². The number of carbonyl (C=O) groups excluding carboxylic acids is 1. The van der Waals surface area contributed by atoms with Gasteiger partial charge in [0.1, 0.15) is 23.2 Å². The number of fused-ring (bicyclic) bond motifs is 1. The summed E-state index contributed by atoms with van der Waals surface area (Å²) in [7, 11) is -1.69. The third kappa shape index (κ3) is 5.20. The van der Waals surface area contributed by atoms with Crippen LogP contribution in [-0.4, -0.2) is 93.7 Å². The maximum atomic E-state index is 13.6. The van der Waals surface area contributed by atoms with Crippen LogP contribution in [0.4, 0.5) is 10.2 Å². The van der Waals surface area contributed by atoms with Crippen molar-refractivity contribution in [3.05, 3.63) is 63.3 Å². The maximum absolute atomic E-state index is 13.6. The first-order valence-corrected chi connectivity index (χ1v) is 15.5. The second-order valence-corrected chi connectivity index (χ2v) is 13.4. The van der Waals surface area contributed by atoms with Gasteiger partial charge in [0, 0.05) is 50.2 Å². The Morgan fingerprint density at radius 1 is 1.12 bits per heavy atom. The van der Waals surface area contributed by atoms with Crippen molar-refractivity contribution < 1.29 is 22.7 Å². The molecule has 1 aromatic carbocycles. The first-order chi connectivity index (χ1) is 19.6. The molecule has 0 radical (unpaired) electrons. The monoisotopic (exact) mass is 601 g/mol. The molecular formula is C26H28FN7O5S2. The van der Waals surface area contributed by atoms with E-state index in [4.69, 9.17) is 0 Å². The first-order valence-electron chi connectivity index (χ1n) is 13.1. The fourth-order valence-corrected chi connectivity index (χ4v) is 7.57. The number of aromatic nitrogens is 4. The van der Waals surface area contributed by atoms with E-state index in [0.29, 0.717) is 25.9 Å². The summed E-state index contributed by atoms with van der Waals surface area (Å²) in [4.78, 5) is 40.4. The standard InChI is InChI=1S/C26H28FN7O5S2/c1-30-8-10-31(11-9-30)21(35)16-32-15-20(33-7-2-12-41(33,38)39)34-25(37)23(36)22(29-26(32)34)24-28-14-19(40-24)13-17-3-5-18(27)6-4-17/h3-6,14-15,36H,2,7-13,16H2,1H3. The number of piperazine rings is 1. The molecule has 5 heterocycles. The number of amides is 1. The molecule has 1 N–H and O–H groups in total. The molecule has 0 spiro atoms. The summed E-state index contributed by atoms with van der Waals surface area (Å²) in [6.07, 6.45) is 3.89. The summed E-state index contributed by atoms with van der Waals surface area (Å²) in [6.45, 7) is 2.58. The van der Waals surface area contributed by atoms with E-state index in [1.165, 1.54) is 34.2 Å². The molecule has 2 saturated heterocycles. The number of rotatable bonds is 6. The lowest BCUT2D eigenvalue weighted by molar-refractivity contribution is -0.133. The van der Waals surface area contributed by atoms with Crippen molar-refractivity contribution in [3.8, 4) is 16.5 Å². The van der Waals surface area contributed by atoms with Gasteiger partial charge < -0.3 is 19.5 Å². The second kappa shape index (κ2) is 10.5. The number of anilines is 1. The van der Waals surface area contributed by atoms with Crippen molar-refractivity contribution in [3.63, 3.8) is 0 Å². The fraction of sp³-hybridized carbons (Fsp3) is 0.385. The lowest BCUT2D eigenvalue weighted by atomic mass is 10.1. The van der Waals surface area contributed by atoms with Crippen molar-refractivity contribution in [1.82, 2.24) is 28.7 Å². The zero-order chi connectivity index (χ0) is 28.9. The number of hydrogen-bond acceptors (Lipinski definition) is 9. The molecule has 15 heteroatoms. The minimum absolute atomic E-state index is 0.0256. The third-order valence-electron chi connectivity index (χ3n) is 7.36. The summed E-state index contributed by atoms with van der Waals surface area (Å²) >= 11 is 1.22. The average Bonchev–Trinajstić information content (AvgIpc) is 3.64. The lowest BCUT2D eigenvalue weighted by Gasteiger charge is -2.32. The van der Waals surface area contributed by atoms with Crippen LogP contribution in [0.5, 0.6) is 5.75 Å². The molecule has 2 fully saturated rings. The van der Waals surface area contributed by atoms with Crippen molar-refractivity contribution in [1.29, 1.82) is 0 Å². The normalized spacial score (nSPS) is 17.5. The average molecular weight is 602 g/mol. The summed E-state index contributed by atoms with van der Waals surface area (Å²) in [5.41, 5.74) is -0.0576. The Morgan fingerprint density at radius 2 is 1.85 bits per heavy atom. The van der Waals surface area contributed by atoms with E-state index < -0.39 is 21.3 Å². The molecule has 2 aliphatic rings. The Bertz CT molecular complexity index is 1790. The third-order valence-corrected chi connectivity index (χ3v) is 10.2. The first kappa shape index (κ1) is 27.4. The van der Waals surface area contributed by atoms with Crippen LogP contribution in [0.3, 0.4) is 0 Å². The van der Waals surface area contributed by atoms with Gasteiger partial charge in [0.05, 0.1) is 11.9 Å². The number of sulfonamides is 1. The number of nitrogens with zero attached hydrogens (tertiary/aromatic N) is 7. The highest BCUT2D eigenvalue weighted by atomic mass is 32.2. The van der Waals surface area contributed by atoms with Crippen LogP contribution < -0.4 is 9.86 Å². The van der Waals surface area contributed by atoms with Crippen LogP contribution >= 0.6 is 11.3 Å². The van der Waals surface area contributed by atoms with Gasteiger partial charge >= 0.3 is 5.56 Å². The minimum Gasteiger partial charge on any atom is -0.501 e. The largest absolute Gasteiger partial charge is 0.501 e. The topological polar surface area (TPSA) is 133 Å². The van der Waals surface area contributed by atoms with Gasteiger partial charge in [0.25, 0.3) is 0 Å². The van der Waals surface area contributed by atoms with Gasteiger partial charge in [-0.25, -0.2) is 27.2 Å². The molecule has 0 aliphatic carbocycles.